The largest absolute Gasteiger partial charge is 0.378 e. The molecule has 0 unspecified atom stereocenters. The molecular weight excluding hydrogens is 268 g/mol. The van der Waals surface area contributed by atoms with E-state index in [0.29, 0.717) is 19.8 Å². The first-order valence-corrected chi connectivity index (χ1v) is 7.57. The maximum Gasteiger partial charge on any atom is 0.236 e. The van der Waals surface area contributed by atoms with Gasteiger partial charge in [-0.15, -0.1) is 0 Å². The minimum atomic E-state index is 0.226. The number of rotatable bonds is 3. The lowest BCUT2D eigenvalue weighted by Gasteiger charge is -2.36. The molecule has 0 spiro atoms. The second-order valence-electron chi connectivity index (χ2n) is 5.44. The van der Waals surface area contributed by atoms with Gasteiger partial charge in [0.2, 0.25) is 5.91 Å². The molecule has 2 fully saturated rings. The molecule has 6 heteroatoms. The summed E-state index contributed by atoms with van der Waals surface area (Å²) in [6.07, 6.45) is 1.82. The molecule has 114 valence electrons. The number of pyridine rings is 1. The van der Waals surface area contributed by atoms with Crippen molar-refractivity contribution in [3.05, 3.63) is 24.4 Å². The average molecular weight is 290 g/mol. The van der Waals surface area contributed by atoms with Gasteiger partial charge in [-0.2, -0.15) is 0 Å². The van der Waals surface area contributed by atoms with E-state index in [4.69, 9.17) is 4.74 Å². The molecule has 1 aromatic heterocycles. The standard InChI is InChI=1S/C15H22N4O2/c20-15(19-9-11-21-12-10-19)13-17-5-7-18(8-6-17)14-3-1-2-4-16-14/h1-4H,5-13H2. The van der Waals surface area contributed by atoms with Gasteiger partial charge in [0.1, 0.15) is 5.82 Å². The van der Waals surface area contributed by atoms with Gasteiger partial charge in [-0.05, 0) is 12.1 Å². The van der Waals surface area contributed by atoms with Gasteiger partial charge >= 0.3 is 0 Å². The monoisotopic (exact) mass is 290 g/mol. The summed E-state index contributed by atoms with van der Waals surface area (Å²) in [7, 11) is 0. The summed E-state index contributed by atoms with van der Waals surface area (Å²) in [4.78, 5) is 23.0. The number of amides is 1. The zero-order valence-corrected chi connectivity index (χ0v) is 12.3. The van der Waals surface area contributed by atoms with Crippen molar-refractivity contribution in [3.63, 3.8) is 0 Å². The molecule has 1 aromatic rings. The van der Waals surface area contributed by atoms with E-state index in [1.165, 1.54) is 0 Å². The summed E-state index contributed by atoms with van der Waals surface area (Å²) in [5.74, 6) is 1.25. The molecule has 0 saturated carbocycles. The van der Waals surface area contributed by atoms with Crippen LogP contribution in [0, 0.1) is 0 Å². The molecule has 0 atom stereocenters. The van der Waals surface area contributed by atoms with E-state index >= 15 is 0 Å². The van der Waals surface area contributed by atoms with Crippen LogP contribution in [0.2, 0.25) is 0 Å². The predicted molar refractivity (Wildman–Crippen MR) is 80.3 cm³/mol. The van der Waals surface area contributed by atoms with Crippen molar-refractivity contribution in [1.29, 1.82) is 0 Å². The van der Waals surface area contributed by atoms with Crippen molar-refractivity contribution in [3.8, 4) is 0 Å². The maximum absolute atomic E-state index is 12.2. The molecule has 3 rings (SSSR count). The quantitative estimate of drug-likeness (QED) is 0.788. The topological polar surface area (TPSA) is 48.9 Å². The number of carbonyl (C=O) groups is 1. The molecule has 1 amide bonds. The Labute approximate surface area is 125 Å². The first-order chi connectivity index (χ1) is 10.3. The van der Waals surface area contributed by atoms with Crippen LogP contribution >= 0.6 is 0 Å². The molecule has 0 aliphatic carbocycles. The Hall–Kier alpha value is -1.66. The van der Waals surface area contributed by atoms with Crippen molar-refractivity contribution in [2.75, 3.05) is 63.9 Å². The zero-order chi connectivity index (χ0) is 14.5. The van der Waals surface area contributed by atoms with Crippen LogP contribution in [-0.4, -0.2) is 79.7 Å². The first-order valence-electron chi connectivity index (χ1n) is 7.57. The first kappa shape index (κ1) is 14.3. The molecule has 2 aliphatic heterocycles. The van der Waals surface area contributed by atoms with Gasteiger partial charge in [-0.3, -0.25) is 9.69 Å². The Bertz CT molecular complexity index is 454. The van der Waals surface area contributed by atoms with Crippen LogP contribution in [0.15, 0.2) is 24.4 Å². The molecule has 0 aromatic carbocycles. The Morgan fingerprint density at radius 2 is 1.86 bits per heavy atom. The Kier molecular flexibility index (Phi) is 4.67. The van der Waals surface area contributed by atoms with Crippen LogP contribution in [0.5, 0.6) is 0 Å². The molecular formula is C15H22N4O2. The minimum absolute atomic E-state index is 0.226. The van der Waals surface area contributed by atoms with E-state index in [1.54, 1.807) is 0 Å². The third-order valence-corrected chi connectivity index (χ3v) is 4.07. The van der Waals surface area contributed by atoms with E-state index < -0.39 is 0 Å². The van der Waals surface area contributed by atoms with E-state index in [9.17, 15) is 4.79 Å². The Balaban J connectivity index is 1.46. The van der Waals surface area contributed by atoms with Gasteiger partial charge in [0.05, 0.1) is 19.8 Å². The highest BCUT2D eigenvalue weighted by Crippen LogP contribution is 2.12. The number of hydrogen-bond acceptors (Lipinski definition) is 5. The highest BCUT2D eigenvalue weighted by Gasteiger charge is 2.23. The summed E-state index contributed by atoms with van der Waals surface area (Å²) < 4.78 is 5.28. The number of carbonyl (C=O) groups excluding carboxylic acids is 1. The number of piperazine rings is 1. The molecule has 3 heterocycles. The number of hydrogen-bond donors (Lipinski definition) is 0. The number of nitrogens with zero attached hydrogens (tertiary/aromatic N) is 4. The molecule has 0 radical (unpaired) electrons. The lowest BCUT2D eigenvalue weighted by Crippen LogP contribution is -2.51. The molecule has 6 nitrogen and oxygen atoms in total. The van der Waals surface area contributed by atoms with Gasteiger partial charge in [0.25, 0.3) is 0 Å². The van der Waals surface area contributed by atoms with Crippen LogP contribution < -0.4 is 4.90 Å². The summed E-state index contributed by atoms with van der Waals surface area (Å²) >= 11 is 0. The summed E-state index contributed by atoms with van der Waals surface area (Å²) in [5, 5.41) is 0. The van der Waals surface area contributed by atoms with Crippen LogP contribution in [0.25, 0.3) is 0 Å². The second-order valence-corrected chi connectivity index (χ2v) is 5.44. The summed E-state index contributed by atoms with van der Waals surface area (Å²) in [6, 6.07) is 5.98. The fraction of sp³-hybridized carbons (Fsp3) is 0.600. The van der Waals surface area contributed by atoms with Crippen LogP contribution in [0.1, 0.15) is 0 Å². The van der Waals surface area contributed by atoms with E-state index in [2.05, 4.69) is 14.8 Å². The van der Waals surface area contributed by atoms with Crippen molar-refractivity contribution < 1.29 is 9.53 Å². The third kappa shape index (κ3) is 3.71. The smallest absolute Gasteiger partial charge is 0.236 e. The fourth-order valence-corrected chi connectivity index (χ4v) is 2.78. The van der Waals surface area contributed by atoms with Gasteiger partial charge in [-0.25, -0.2) is 4.98 Å². The van der Waals surface area contributed by atoms with E-state index in [-0.39, 0.29) is 5.91 Å². The van der Waals surface area contributed by atoms with Gasteiger partial charge in [0, 0.05) is 45.5 Å². The number of ether oxygens (including phenoxy) is 1. The van der Waals surface area contributed by atoms with Crippen molar-refractivity contribution in [2.45, 2.75) is 0 Å². The second kappa shape index (κ2) is 6.87. The Morgan fingerprint density at radius 1 is 1.10 bits per heavy atom. The Morgan fingerprint density at radius 3 is 2.52 bits per heavy atom. The lowest BCUT2D eigenvalue weighted by molar-refractivity contribution is -0.136. The van der Waals surface area contributed by atoms with E-state index in [1.807, 2.05) is 29.3 Å². The normalized spacial score (nSPS) is 20.6. The highest BCUT2D eigenvalue weighted by molar-refractivity contribution is 5.78. The van der Waals surface area contributed by atoms with Gasteiger partial charge in [0.15, 0.2) is 0 Å². The molecule has 0 bridgehead atoms. The number of aromatic nitrogens is 1. The summed E-state index contributed by atoms with van der Waals surface area (Å²) in [5.41, 5.74) is 0. The predicted octanol–water partition coefficient (Wildman–Crippen LogP) is 0.0624. The lowest BCUT2D eigenvalue weighted by atomic mass is 10.3. The number of anilines is 1. The fourth-order valence-electron chi connectivity index (χ4n) is 2.78. The molecule has 2 saturated heterocycles. The molecule has 2 aliphatic rings. The van der Waals surface area contributed by atoms with Crippen LogP contribution in [0.3, 0.4) is 0 Å². The minimum Gasteiger partial charge on any atom is -0.378 e. The van der Waals surface area contributed by atoms with Gasteiger partial charge in [-0.1, -0.05) is 6.07 Å². The maximum atomic E-state index is 12.2. The van der Waals surface area contributed by atoms with E-state index in [0.717, 1.165) is 45.1 Å². The van der Waals surface area contributed by atoms with Crippen LogP contribution in [-0.2, 0) is 9.53 Å². The van der Waals surface area contributed by atoms with Crippen molar-refractivity contribution in [2.24, 2.45) is 0 Å². The van der Waals surface area contributed by atoms with Crippen LogP contribution in [0.4, 0.5) is 5.82 Å². The average Bonchev–Trinajstić information content (AvgIpc) is 2.57. The van der Waals surface area contributed by atoms with Crippen molar-refractivity contribution >= 4 is 11.7 Å². The van der Waals surface area contributed by atoms with Crippen molar-refractivity contribution in [1.82, 2.24) is 14.8 Å². The zero-order valence-electron chi connectivity index (χ0n) is 12.3. The summed E-state index contributed by atoms with van der Waals surface area (Å²) in [6.45, 7) is 6.98. The SMILES string of the molecule is O=C(CN1CCN(c2ccccn2)CC1)N1CCOCC1. The number of morpholine rings is 1. The highest BCUT2D eigenvalue weighted by atomic mass is 16.5. The molecule has 0 N–H and O–H groups in total. The third-order valence-electron chi connectivity index (χ3n) is 4.07. The van der Waals surface area contributed by atoms with Gasteiger partial charge < -0.3 is 14.5 Å². The molecule has 21 heavy (non-hydrogen) atoms.